The first-order chi connectivity index (χ1) is 14.9. The number of nitrogens with one attached hydrogen (secondary N) is 1. The highest BCUT2D eigenvalue weighted by atomic mass is 32.2. The number of anilines is 1. The summed E-state index contributed by atoms with van der Waals surface area (Å²) in [4.78, 5) is 24.9. The molecular formula is C22H25N3O5S. The number of aromatic nitrogens is 1. The van der Waals surface area contributed by atoms with E-state index in [9.17, 15) is 18.0 Å². The van der Waals surface area contributed by atoms with Crippen LogP contribution in [0, 0.1) is 0 Å². The maximum atomic E-state index is 12.8. The second kappa shape index (κ2) is 8.68. The Bertz CT molecular complexity index is 1270. The maximum Gasteiger partial charge on any atom is 0.419 e. The van der Waals surface area contributed by atoms with Crippen molar-refractivity contribution in [3.63, 3.8) is 0 Å². The Kier molecular flexibility index (Phi) is 5.97. The maximum absolute atomic E-state index is 12.8. The largest absolute Gasteiger partial charge is 0.419 e. The predicted octanol–water partition coefficient (Wildman–Crippen LogP) is 2.97. The Balaban J connectivity index is 1.51. The number of nitrogens with zero attached hydrogens (tertiary/aromatic N) is 2. The van der Waals surface area contributed by atoms with Crippen LogP contribution in [0.15, 0.2) is 56.6 Å². The van der Waals surface area contributed by atoms with Gasteiger partial charge in [-0.1, -0.05) is 25.1 Å². The zero-order chi connectivity index (χ0) is 22.0. The summed E-state index contributed by atoms with van der Waals surface area (Å²) in [5, 5.41) is 2.88. The fourth-order valence-electron chi connectivity index (χ4n) is 3.87. The molecule has 2 aromatic carbocycles. The molecular weight excluding hydrogens is 418 g/mol. The number of hydrogen-bond acceptors (Lipinski definition) is 5. The van der Waals surface area contributed by atoms with Crippen LogP contribution in [-0.2, 0) is 27.8 Å². The van der Waals surface area contributed by atoms with Crippen LogP contribution in [0.25, 0.3) is 11.1 Å². The summed E-state index contributed by atoms with van der Waals surface area (Å²) in [6.45, 7) is 3.15. The minimum atomic E-state index is -3.60. The minimum absolute atomic E-state index is 0.0837. The van der Waals surface area contributed by atoms with Crippen LogP contribution < -0.4 is 11.1 Å². The zero-order valence-electron chi connectivity index (χ0n) is 17.3. The van der Waals surface area contributed by atoms with Crippen LogP contribution in [0.1, 0.15) is 31.7 Å². The van der Waals surface area contributed by atoms with Gasteiger partial charge in [0, 0.05) is 37.8 Å². The highest BCUT2D eigenvalue weighted by Gasteiger charge is 2.28. The fourth-order valence-corrected chi connectivity index (χ4v) is 5.41. The fraction of sp³-hybridized carbons (Fsp3) is 0.364. The lowest BCUT2D eigenvalue weighted by Crippen LogP contribution is -2.27. The smallest absolute Gasteiger partial charge is 0.408 e. The second-order valence-corrected chi connectivity index (χ2v) is 9.51. The van der Waals surface area contributed by atoms with Gasteiger partial charge in [-0.15, -0.1) is 0 Å². The molecule has 1 aliphatic rings. The van der Waals surface area contributed by atoms with Gasteiger partial charge in [0.15, 0.2) is 5.58 Å². The first-order valence-corrected chi connectivity index (χ1v) is 11.9. The van der Waals surface area contributed by atoms with E-state index in [1.165, 1.54) is 21.0 Å². The molecule has 8 nitrogen and oxygen atoms in total. The normalized spacial score (nSPS) is 14.9. The number of sulfonamides is 1. The van der Waals surface area contributed by atoms with E-state index in [4.69, 9.17) is 4.42 Å². The molecule has 0 atom stereocenters. The van der Waals surface area contributed by atoms with Gasteiger partial charge in [-0.05, 0) is 43.0 Å². The van der Waals surface area contributed by atoms with Gasteiger partial charge < -0.3 is 9.73 Å². The van der Waals surface area contributed by atoms with Gasteiger partial charge in [0.1, 0.15) is 0 Å². The van der Waals surface area contributed by atoms with Gasteiger partial charge in [0.2, 0.25) is 15.9 Å². The van der Waals surface area contributed by atoms with E-state index >= 15 is 0 Å². The molecule has 0 aliphatic carbocycles. The topological polar surface area (TPSA) is 102 Å². The molecule has 1 amide bonds. The molecule has 0 spiro atoms. The molecule has 0 unspecified atom stereocenters. The summed E-state index contributed by atoms with van der Waals surface area (Å²) in [6, 6.07) is 12.0. The molecule has 0 radical (unpaired) electrons. The number of rotatable bonds is 7. The molecule has 2 heterocycles. The highest BCUT2D eigenvalue weighted by Crippen LogP contribution is 2.24. The Morgan fingerprint density at radius 2 is 1.87 bits per heavy atom. The van der Waals surface area contributed by atoms with E-state index in [1.807, 2.05) is 31.2 Å². The average Bonchev–Trinajstić information content (AvgIpc) is 3.40. The van der Waals surface area contributed by atoms with Gasteiger partial charge >= 0.3 is 5.76 Å². The van der Waals surface area contributed by atoms with Crippen molar-refractivity contribution < 1.29 is 17.6 Å². The summed E-state index contributed by atoms with van der Waals surface area (Å²) in [5.74, 6) is -0.831. The lowest BCUT2D eigenvalue weighted by atomic mass is 10.1. The number of aryl methyl sites for hydroxylation is 2. The van der Waals surface area contributed by atoms with Gasteiger partial charge in [0.05, 0.1) is 10.4 Å². The van der Waals surface area contributed by atoms with Crippen LogP contribution in [0.3, 0.4) is 0 Å². The molecule has 1 saturated heterocycles. The molecule has 0 saturated carbocycles. The molecule has 1 N–H and O–H groups in total. The summed E-state index contributed by atoms with van der Waals surface area (Å²) >= 11 is 0. The van der Waals surface area contributed by atoms with E-state index in [2.05, 4.69) is 5.32 Å². The molecule has 1 aliphatic heterocycles. The quantitative estimate of drug-likeness (QED) is 0.605. The van der Waals surface area contributed by atoms with Gasteiger partial charge in [0.25, 0.3) is 0 Å². The average molecular weight is 444 g/mol. The molecule has 9 heteroatoms. The number of amides is 1. The molecule has 4 rings (SSSR count). The highest BCUT2D eigenvalue weighted by molar-refractivity contribution is 7.89. The Morgan fingerprint density at radius 3 is 2.61 bits per heavy atom. The lowest BCUT2D eigenvalue weighted by Gasteiger charge is -2.15. The summed E-state index contributed by atoms with van der Waals surface area (Å²) < 4.78 is 33.6. The Labute approximate surface area is 180 Å². The van der Waals surface area contributed by atoms with Crippen molar-refractivity contribution in [1.82, 2.24) is 8.87 Å². The van der Waals surface area contributed by atoms with E-state index in [0.29, 0.717) is 18.6 Å². The van der Waals surface area contributed by atoms with Crippen LogP contribution >= 0.6 is 0 Å². The van der Waals surface area contributed by atoms with Crippen molar-refractivity contribution in [2.24, 2.45) is 0 Å². The molecule has 164 valence electrons. The van der Waals surface area contributed by atoms with Crippen molar-refractivity contribution >= 4 is 32.7 Å². The van der Waals surface area contributed by atoms with Crippen molar-refractivity contribution in [3.05, 3.63) is 58.6 Å². The summed E-state index contributed by atoms with van der Waals surface area (Å²) in [6.07, 6.45) is 2.57. The number of fused-ring (bicyclic) bond motifs is 1. The SMILES string of the molecule is CCc1ccccc1NC(=O)CCn1c(=O)oc2cc(S(=O)(=O)N3CCCC3)ccc21. The number of benzene rings is 2. The number of carbonyl (C=O) groups excluding carboxylic acids is 1. The lowest BCUT2D eigenvalue weighted by molar-refractivity contribution is -0.116. The number of hydrogen-bond donors (Lipinski definition) is 1. The molecule has 1 fully saturated rings. The summed E-state index contributed by atoms with van der Waals surface area (Å²) in [7, 11) is -3.60. The molecule has 1 aromatic heterocycles. The van der Waals surface area contributed by atoms with E-state index in [-0.39, 0.29) is 29.4 Å². The predicted molar refractivity (Wildman–Crippen MR) is 118 cm³/mol. The first-order valence-electron chi connectivity index (χ1n) is 10.4. The molecule has 3 aromatic rings. The van der Waals surface area contributed by atoms with Crippen LogP contribution in [0.2, 0.25) is 0 Å². The van der Waals surface area contributed by atoms with Crippen molar-refractivity contribution in [2.45, 2.75) is 44.0 Å². The third-order valence-electron chi connectivity index (χ3n) is 5.58. The standard InChI is InChI=1S/C22H25N3O5S/c1-2-16-7-3-4-8-18(16)23-21(26)11-14-25-19-10-9-17(15-20(19)30-22(25)27)31(28,29)24-12-5-6-13-24/h3-4,7-10,15H,2,5-6,11-14H2,1H3,(H,23,26). The van der Waals surface area contributed by atoms with Gasteiger partial charge in [-0.3, -0.25) is 9.36 Å². The zero-order valence-corrected chi connectivity index (χ0v) is 18.2. The monoisotopic (exact) mass is 443 g/mol. The van der Waals surface area contributed by atoms with E-state index < -0.39 is 15.8 Å². The third kappa shape index (κ3) is 4.28. The van der Waals surface area contributed by atoms with Crippen LogP contribution in [-0.4, -0.2) is 36.3 Å². The van der Waals surface area contributed by atoms with Crippen molar-refractivity contribution in [2.75, 3.05) is 18.4 Å². The van der Waals surface area contributed by atoms with Crippen LogP contribution in [0.4, 0.5) is 5.69 Å². The van der Waals surface area contributed by atoms with Gasteiger partial charge in [-0.25, -0.2) is 13.2 Å². The van der Waals surface area contributed by atoms with Crippen molar-refractivity contribution in [1.29, 1.82) is 0 Å². The second-order valence-electron chi connectivity index (χ2n) is 7.57. The van der Waals surface area contributed by atoms with Crippen molar-refractivity contribution in [3.8, 4) is 0 Å². The van der Waals surface area contributed by atoms with Crippen LogP contribution in [0.5, 0.6) is 0 Å². The minimum Gasteiger partial charge on any atom is -0.408 e. The van der Waals surface area contributed by atoms with E-state index in [0.717, 1.165) is 30.5 Å². The number of para-hydroxylation sites is 1. The Hall–Kier alpha value is -2.91. The first kappa shape index (κ1) is 21.3. The van der Waals surface area contributed by atoms with Gasteiger partial charge in [-0.2, -0.15) is 4.31 Å². The number of carbonyl (C=O) groups is 1. The third-order valence-corrected chi connectivity index (χ3v) is 7.47. The summed E-state index contributed by atoms with van der Waals surface area (Å²) in [5.41, 5.74) is 2.46. The number of oxazole rings is 1. The Morgan fingerprint density at radius 1 is 1.13 bits per heavy atom. The van der Waals surface area contributed by atoms with E-state index in [1.54, 1.807) is 6.07 Å². The molecule has 0 bridgehead atoms. The molecule has 31 heavy (non-hydrogen) atoms.